The van der Waals surface area contributed by atoms with Crippen molar-refractivity contribution in [3.05, 3.63) is 71.0 Å². The van der Waals surface area contributed by atoms with Crippen molar-refractivity contribution in [3.63, 3.8) is 0 Å². The van der Waals surface area contributed by atoms with Crippen LogP contribution in [0.15, 0.2) is 59.5 Å². The maximum atomic E-state index is 11.1. The minimum atomic E-state index is -0.395. The maximum absolute atomic E-state index is 11.1. The quantitative estimate of drug-likeness (QED) is 0.501. The van der Waals surface area contributed by atoms with Crippen molar-refractivity contribution in [2.24, 2.45) is 5.92 Å². The van der Waals surface area contributed by atoms with Gasteiger partial charge in [0.1, 0.15) is 11.5 Å². The second-order valence-electron chi connectivity index (χ2n) is 6.04. The van der Waals surface area contributed by atoms with Gasteiger partial charge in [0, 0.05) is 25.0 Å². The number of imidazole rings is 1. The molecule has 1 unspecified atom stereocenters. The van der Waals surface area contributed by atoms with Gasteiger partial charge in [0.2, 0.25) is 0 Å². The first kappa shape index (κ1) is 16.9. The fourth-order valence-corrected chi connectivity index (χ4v) is 2.72. The minimum Gasteiger partial charge on any atom is -0.459 e. The molecular formula is C18H20N4O3. The molecule has 130 valence electrons. The average Bonchev–Trinajstić information content (AvgIpc) is 3.27. The van der Waals surface area contributed by atoms with Crippen molar-refractivity contribution >= 4 is 5.69 Å². The lowest BCUT2D eigenvalue weighted by molar-refractivity contribution is -0.384. The van der Waals surface area contributed by atoms with E-state index in [1.165, 1.54) is 6.07 Å². The van der Waals surface area contributed by atoms with Gasteiger partial charge < -0.3 is 14.3 Å². The standard InChI is InChI=1S/C18H20N4O3/c1-14(12-21-9-8-19-13-21)10-20-11-15-6-7-18(25-15)16-4-2-3-5-17(16)22(23)24/h2-9,13-14,20H,10-12H2,1H3. The average molecular weight is 340 g/mol. The van der Waals surface area contributed by atoms with Gasteiger partial charge in [-0.25, -0.2) is 4.98 Å². The second-order valence-corrected chi connectivity index (χ2v) is 6.04. The van der Waals surface area contributed by atoms with Crippen LogP contribution in [-0.2, 0) is 13.1 Å². The fraction of sp³-hybridized carbons (Fsp3) is 0.278. The molecule has 1 atom stereocenters. The van der Waals surface area contributed by atoms with E-state index < -0.39 is 4.92 Å². The molecule has 1 N–H and O–H groups in total. The molecule has 0 amide bonds. The van der Waals surface area contributed by atoms with Crippen LogP contribution in [0.4, 0.5) is 5.69 Å². The molecule has 2 heterocycles. The molecule has 7 heteroatoms. The highest BCUT2D eigenvalue weighted by molar-refractivity contribution is 5.69. The molecule has 1 aromatic carbocycles. The van der Waals surface area contributed by atoms with Crippen molar-refractivity contribution in [2.75, 3.05) is 6.54 Å². The number of aromatic nitrogens is 2. The summed E-state index contributed by atoms with van der Waals surface area (Å²) in [4.78, 5) is 14.8. The summed E-state index contributed by atoms with van der Waals surface area (Å²) in [7, 11) is 0. The first-order valence-corrected chi connectivity index (χ1v) is 8.12. The Bertz CT molecular complexity index is 826. The highest BCUT2D eigenvalue weighted by atomic mass is 16.6. The van der Waals surface area contributed by atoms with Gasteiger partial charge in [-0.3, -0.25) is 10.1 Å². The third-order valence-electron chi connectivity index (χ3n) is 3.90. The van der Waals surface area contributed by atoms with Crippen LogP contribution >= 0.6 is 0 Å². The van der Waals surface area contributed by atoms with Crippen LogP contribution < -0.4 is 5.32 Å². The van der Waals surface area contributed by atoms with Crippen molar-refractivity contribution in [1.82, 2.24) is 14.9 Å². The molecule has 0 saturated carbocycles. The van der Waals surface area contributed by atoms with E-state index >= 15 is 0 Å². The van der Waals surface area contributed by atoms with E-state index in [0.29, 0.717) is 23.8 Å². The topological polar surface area (TPSA) is 86.1 Å². The molecule has 0 aliphatic rings. The molecule has 0 saturated heterocycles. The van der Waals surface area contributed by atoms with Crippen LogP contribution in [0.5, 0.6) is 0 Å². The highest BCUT2D eigenvalue weighted by Crippen LogP contribution is 2.30. The normalized spacial score (nSPS) is 12.2. The predicted octanol–water partition coefficient (Wildman–Crippen LogP) is 3.48. The number of furan rings is 1. The summed E-state index contributed by atoms with van der Waals surface area (Å²) in [5.74, 6) is 1.71. The Labute approximate surface area is 145 Å². The second kappa shape index (κ2) is 7.76. The Morgan fingerprint density at radius 2 is 2.16 bits per heavy atom. The van der Waals surface area contributed by atoms with Crippen LogP contribution in [0.2, 0.25) is 0 Å². The van der Waals surface area contributed by atoms with Crippen molar-refractivity contribution in [1.29, 1.82) is 0 Å². The molecule has 0 spiro atoms. The minimum absolute atomic E-state index is 0.0466. The lowest BCUT2D eigenvalue weighted by atomic mass is 10.1. The van der Waals surface area contributed by atoms with Gasteiger partial charge in [0.25, 0.3) is 5.69 Å². The largest absolute Gasteiger partial charge is 0.459 e. The molecule has 2 aromatic heterocycles. The number of benzene rings is 1. The summed E-state index contributed by atoms with van der Waals surface area (Å²) >= 11 is 0. The van der Waals surface area contributed by atoms with Crippen LogP contribution in [0.1, 0.15) is 12.7 Å². The van der Waals surface area contributed by atoms with Gasteiger partial charge >= 0.3 is 0 Å². The molecule has 0 aliphatic carbocycles. The maximum Gasteiger partial charge on any atom is 0.280 e. The van der Waals surface area contributed by atoms with Crippen molar-refractivity contribution in [2.45, 2.75) is 20.0 Å². The lowest BCUT2D eigenvalue weighted by Crippen LogP contribution is -2.23. The fourth-order valence-electron chi connectivity index (χ4n) is 2.72. The Morgan fingerprint density at radius 1 is 1.32 bits per heavy atom. The number of rotatable bonds is 8. The zero-order chi connectivity index (χ0) is 17.6. The molecule has 7 nitrogen and oxygen atoms in total. The van der Waals surface area contributed by atoms with E-state index in [2.05, 4.69) is 17.2 Å². The predicted molar refractivity (Wildman–Crippen MR) is 93.9 cm³/mol. The van der Waals surface area contributed by atoms with Gasteiger partial charge in [-0.2, -0.15) is 0 Å². The van der Waals surface area contributed by atoms with Gasteiger partial charge in [-0.15, -0.1) is 0 Å². The number of nitro benzene ring substituents is 1. The molecule has 0 radical (unpaired) electrons. The van der Waals surface area contributed by atoms with Crippen molar-refractivity contribution < 1.29 is 9.34 Å². The van der Waals surface area contributed by atoms with Crippen LogP contribution in [0.3, 0.4) is 0 Å². The van der Waals surface area contributed by atoms with E-state index in [9.17, 15) is 10.1 Å². The first-order valence-electron chi connectivity index (χ1n) is 8.12. The third kappa shape index (κ3) is 4.33. The summed E-state index contributed by atoms with van der Waals surface area (Å²) in [6.45, 7) is 4.47. The number of nitrogens with zero attached hydrogens (tertiary/aromatic N) is 3. The first-order chi connectivity index (χ1) is 12.1. The Hall–Kier alpha value is -2.93. The van der Waals surface area contributed by atoms with Crippen LogP contribution in [0.25, 0.3) is 11.3 Å². The van der Waals surface area contributed by atoms with Gasteiger partial charge in [0.05, 0.1) is 23.4 Å². The van der Waals surface area contributed by atoms with Crippen LogP contribution in [0, 0.1) is 16.0 Å². The monoisotopic (exact) mass is 340 g/mol. The van der Waals surface area contributed by atoms with Gasteiger partial charge in [-0.05, 0) is 30.7 Å². The smallest absolute Gasteiger partial charge is 0.280 e. The molecule has 25 heavy (non-hydrogen) atoms. The van der Waals surface area contributed by atoms with Gasteiger partial charge in [0.15, 0.2) is 0 Å². The van der Waals surface area contributed by atoms with Crippen molar-refractivity contribution in [3.8, 4) is 11.3 Å². The Balaban J connectivity index is 1.56. The van der Waals surface area contributed by atoms with Gasteiger partial charge in [-0.1, -0.05) is 19.1 Å². The van der Waals surface area contributed by atoms with E-state index in [1.54, 1.807) is 30.5 Å². The molecule has 3 rings (SSSR count). The number of hydrogen-bond acceptors (Lipinski definition) is 5. The molecule has 0 bridgehead atoms. The molecule has 0 aliphatic heterocycles. The summed E-state index contributed by atoms with van der Waals surface area (Å²) in [5.41, 5.74) is 0.539. The zero-order valence-electron chi connectivity index (χ0n) is 14.0. The number of nitro groups is 1. The van der Waals surface area contributed by atoms with Crippen LogP contribution in [-0.4, -0.2) is 21.0 Å². The zero-order valence-corrected chi connectivity index (χ0v) is 14.0. The number of hydrogen-bond donors (Lipinski definition) is 1. The van der Waals surface area contributed by atoms with E-state index in [1.807, 2.05) is 23.2 Å². The van der Waals surface area contributed by atoms with E-state index in [0.717, 1.165) is 18.8 Å². The number of nitrogens with one attached hydrogen (secondary N) is 1. The van der Waals surface area contributed by atoms with E-state index in [4.69, 9.17) is 4.42 Å². The molecule has 3 aromatic rings. The third-order valence-corrected chi connectivity index (χ3v) is 3.90. The summed E-state index contributed by atoms with van der Waals surface area (Å²) in [6.07, 6.45) is 5.53. The summed E-state index contributed by atoms with van der Waals surface area (Å²) < 4.78 is 7.81. The summed E-state index contributed by atoms with van der Waals surface area (Å²) in [6, 6.07) is 10.2. The Kier molecular flexibility index (Phi) is 5.25. The lowest BCUT2D eigenvalue weighted by Gasteiger charge is -2.12. The highest BCUT2D eigenvalue weighted by Gasteiger charge is 2.17. The molecular weight excluding hydrogens is 320 g/mol. The SMILES string of the molecule is CC(CNCc1ccc(-c2ccccc2[N+](=O)[O-])o1)Cn1ccnc1. The van der Waals surface area contributed by atoms with E-state index in [-0.39, 0.29) is 5.69 Å². The Morgan fingerprint density at radius 3 is 2.92 bits per heavy atom. The molecule has 0 fully saturated rings. The number of para-hydroxylation sites is 1. The summed E-state index contributed by atoms with van der Waals surface area (Å²) in [5, 5.41) is 14.5.